The lowest BCUT2D eigenvalue weighted by molar-refractivity contribution is 0.504. The monoisotopic (exact) mass is 419 g/mol. The number of nitrogens with two attached hydrogens (primary N) is 1. The zero-order valence-electron chi connectivity index (χ0n) is 11.4. The number of halogens is 4. The van der Waals surface area contributed by atoms with Crippen LogP contribution in [0.1, 0.15) is 19.5 Å². The highest BCUT2D eigenvalue weighted by Gasteiger charge is 2.18. The number of anilines is 1. The quantitative estimate of drug-likeness (QED) is 0.730. The Kier molecular flexibility index (Phi) is 4.93. The maximum absolute atomic E-state index is 13.6. The molecule has 1 heterocycles. The molecule has 1 aromatic carbocycles. The molecule has 1 aromatic heterocycles. The number of aromatic nitrogens is 2. The molecule has 0 bridgehead atoms. The lowest BCUT2D eigenvalue weighted by atomic mass is 10.1. The lowest BCUT2D eigenvalue weighted by Crippen LogP contribution is -2.06. The van der Waals surface area contributed by atoms with Gasteiger partial charge in [-0.05, 0) is 56.3 Å². The number of benzene rings is 1. The maximum atomic E-state index is 13.6. The molecular weight excluding hydrogens is 408 g/mol. The number of nitrogen functional groups attached to an aromatic ring is 1. The van der Waals surface area contributed by atoms with Crippen LogP contribution in [0.25, 0.3) is 11.4 Å². The van der Waals surface area contributed by atoms with Crippen molar-refractivity contribution in [3.05, 3.63) is 38.4 Å². The summed E-state index contributed by atoms with van der Waals surface area (Å²) < 4.78 is 27.5. The molecule has 0 saturated heterocycles. The van der Waals surface area contributed by atoms with E-state index in [1.54, 1.807) is 0 Å². The zero-order chi connectivity index (χ0) is 15.7. The molecule has 0 amide bonds. The zero-order valence-corrected chi connectivity index (χ0v) is 14.6. The largest absolute Gasteiger partial charge is 0.383 e. The normalized spacial score (nSPS) is 11.2. The summed E-state index contributed by atoms with van der Waals surface area (Å²) in [6.45, 7) is 4.11. The fourth-order valence-corrected chi connectivity index (χ4v) is 2.69. The first kappa shape index (κ1) is 16.3. The Morgan fingerprint density at radius 2 is 1.81 bits per heavy atom. The van der Waals surface area contributed by atoms with Gasteiger partial charge in [-0.25, -0.2) is 18.7 Å². The molecule has 0 radical (unpaired) electrons. The van der Waals surface area contributed by atoms with E-state index < -0.39 is 11.6 Å². The van der Waals surface area contributed by atoms with Gasteiger partial charge in [0.1, 0.15) is 5.82 Å². The van der Waals surface area contributed by atoms with Gasteiger partial charge in [0.2, 0.25) is 0 Å². The van der Waals surface area contributed by atoms with Crippen LogP contribution in [0.2, 0.25) is 0 Å². The van der Waals surface area contributed by atoms with Crippen molar-refractivity contribution in [2.45, 2.75) is 20.3 Å². The number of rotatable bonds is 3. The van der Waals surface area contributed by atoms with E-state index in [1.165, 1.54) is 6.07 Å². The van der Waals surface area contributed by atoms with Crippen LogP contribution >= 0.6 is 31.9 Å². The molecule has 7 heteroatoms. The van der Waals surface area contributed by atoms with Gasteiger partial charge in [-0.15, -0.1) is 0 Å². The first-order valence-corrected chi connectivity index (χ1v) is 7.85. The van der Waals surface area contributed by atoms with Gasteiger partial charge >= 0.3 is 0 Å². The van der Waals surface area contributed by atoms with Crippen molar-refractivity contribution in [3.63, 3.8) is 0 Å². The Bertz CT molecular complexity index is 690. The average Bonchev–Trinajstić information content (AvgIpc) is 2.41. The van der Waals surface area contributed by atoms with Gasteiger partial charge in [-0.3, -0.25) is 0 Å². The average molecular weight is 421 g/mol. The summed E-state index contributed by atoms with van der Waals surface area (Å²) in [5, 5.41) is 0. The predicted molar refractivity (Wildman–Crippen MR) is 85.7 cm³/mol. The van der Waals surface area contributed by atoms with E-state index in [4.69, 9.17) is 5.73 Å². The molecule has 3 nitrogen and oxygen atoms in total. The smallest absolute Gasteiger partial charge is 0.173 e. The second-order valence-corrected chi connectivity index (χ2v) is 6.60. The van der Waals surface area contributed by atoms with E-state index in [-0.39, 0.29) is 16.1 Å². The molecule has 0 aliphatic carbocycles. The van der Waals surface area contributed by atoms with Crippen LogP contribution in [0, 0.1) is 17.6 Å². The van der Waals surface area contributed by atoms with E-state index in [9.17, 15) is 8.78 Å². The minimum atomic E-state index is -0.969. The molecule has 0 atom stereocenters. The third kappa shape index (κ3) is 3.40. The van der Waals surface area contributed by atoms with E-state index in [0.29, 0.717) is 22.4 Å². The van der Waals surface area contributed by atoms with Crippen LogP contribution in [0.4, 0.5) is 14.6 Å². The minimum Gasteiger partial charge on any atom is -0.383 e. The SMILES string of the molecule is CC(C)Cc1nc(-c2ccc(F)c(F)c2Br)nc(N)c1Br. The van der Waals surface area contributed by atoms with Gasteiger partial charge in [-0.2, -0.15) is 0 Å². The van der Waals surface area contributed by atoms with Crippen molar-refractivity contribution in [2.24, 2.45) is 5.92 Å². The van der Waals surface area contributed by atoms with E-state index in [2.05, 4.69) is 55.7 Å². The van der Waals surface area contributed by atoms with Gasteiger partial charge in [0.15, 0.2) is 17.5 Å². The summed E-state index contributed by atoms with van der Waals surface area (Å²) in [6, 6.07) is 2.46. The molecule has 0 aliphatic heterocycles. The van der Waals surface area contributed by atoms with E-state index in [0.717, 1.165) is 11.8 Å². The van der Waals surface area contributed by atoms with Crippen molar-refractivity contribution < 1.29 is 8.78 Å². The highest BCUT2D eigenvalue weighted by Crippen LogP contribution is 2.32. The molecule has 2 aromatic rings. The topological polar surface area (TPSA) is 51.8 Å². The maximum Gasteiger partial charge on any atom is 0.173 e. The Balaban J connectivity index is 2.60. The van der Waals surface area contributed by atoms with E-state index >= 15 is 0 Å². The van der Waals surface area contributed by atoms with Gasteiger partial charge in [0, 0.05) is 5.56 Å². The Labute approximate surface area is 138 Å². The third-order valence-electron chi connectivity index (χ3n) is 2.82. The molecule has 2 N–H and O–H groups in total. The molecule has 0 unspecified atom stereocenters. The predicted octanol–water partition coefficient (Wildman–Crippen LogP) is 4.73. The molecule has 2 rings (SSSR count). The van der Waals surface area contributed by atoms with Crippen molar-refractivity contribution >= 4 is 37.7 Å². The summed E-state index contributed by atoms with van der Waals surface area (Å²) >= 11 is 6.40. The molecule has 112 valence electrons. The Morgan fingerprint density at radius 1 is 1.14 bits per heavy atom. The van der Waals surface area contributed by atoms with Crippen molar-refractivity contribution in [3.8, 4) is 11.4 Å². The molecule has 0 aliphatic rings. The second-order valence-electron chi connectivity index (χ2n) is 5.01. The molecule has 0 saturated carbocycles. The van der Waals surface area contributed by atoms with Crippen LogP contribution in [0.5, 0.6) is 0 Å². The van der Waals surface area contributed by atoms with Crippen LogP contribution in [0.15, 0.2) is 21.1 Å². The van der Waals surface area contributed by atoms with Gasteiger partial charge in [0.05, 0.1) is 14.6 Å². The number of hydrogen-bond acceptors (Lipinski definition) is 3. The Hall–Kier alpha value is -1.08. The first-order valence-electron chi connectivity index (χ1n) is 6.27. The van der Waals surface area contributed by atoms with E-state index in [1.807, 2.05) is 0 Å². The summed E-state index contributed by atoms with van der Waals surface area (Å²) in [5.74, 6) is -0.998. The number of nitrogens with zero attached hydrogens (tertiary/aromatic N) is 2. The summed E-state index contributed by atoms with van der Waals surface area (Å²) in [4.78, 5) is 8.56. The van der Waals surface area contributed by atoms with Crippen molar-refractivity contribution in [2.75, 3.05) is 5.73 Å². The highest BCUT2D eigenvalue weighted by atomic mass is 79.9. The summed E-state index contributed by atoms with van der Waals surface area (Å²) in [7, 11) is 0. The number of hydrogen-bond donors (Lipinski definition) is 1. The summed E-state index contributed by atoms with van der Waals surface area (Å²) in [5.41, 5.74) is 6.97. The second kappa shape index (κ2) is 6.36. The molecule has 0 spiro atoms. The highest BCUT2D eigenvalue weighted by molar-refractivity contribution is 9.11. The summed E-state index contributed by atoms with van der Waals surface area (Å²) in [6.07, 6.45) is 0.696. The molecular formula is C14H13Br2F2N3. The fraction of sp³-hybridized carbons (Fsp3) is 0.286. The molecule has 21 heavy (non-hydrogen) atoms. The lowest BCUT2D eigenvalue weighted by Gasteiger charge is -2.12. The van der Waals surface area contributed by atoms with Crippen LogP contribution in [0.3, 0.4) is 0 Å². The van der Waals surface area contributed by atoms with Crippen LogP contribution < -0.4 is 5.73 Å². The van der Waals surface area contributed by atoms with Gasteiger partial charge in [0.25, 0.3) is 0 Å². The third-order valence-corrected chi connectivity index (χ3v) is 4.46. The van der Waals surface area contributed by atoms with Crippen LogP contribution in [-0.2, 0) is 6.42 Å². The molecule has 0 fully saturated rings. The van der Waals surface area contributed by atoms with Crippen molar-refractivity contribution in [1.82, 2.24) is 9.97 Å². The first-order chi connectivity index (χ1) is 9.81. The standard InChI is InChI=1S/C14H13Br2F2N3/c1-6(2)5-9-11(16)13(19)21-14(20-9)7-3-4-8(17)12(18)10(7)15/h3-4,6H,5H2,1-2H3,(H2,19,20,21). The Morgan fingerprint density at radius 3 is 2.43 bits per heavy atom. The van der Waals surface area contributed by atoms with Gasteiger partial charge < -0.3 is 5.73 Å². The van der Waals surface area contributed by atoms with Crippen LogP contribution in [-0.4, -0.2) is 9.97 Å². The fourth-order valence-electron chi connectivity index (χ4n) is 1.85. The minimum absolute atomic E-state index is 0.0141. The van der Waals surface area contributed by atoms with Gasteiger partial charge in [-0.1, -0.05) is 13.8 Å². The van der Waals surface area contributed by atoms with Crippen molar-refractivity contribution in [1.29, 1.82) is 0 Å².